The maximum atomic E-state index is 12.3. The third kappa shape index (κ3) is 5.93. The lowest BCUT2D eigenvalue weighted by Crippen LogP contribution is -2.32. The molecule has 0 spiro atoms. The molecule has 1 amide bonds. The lowest BCUT2D eigenvalue weighted by Gasteiger charge is -2.23. The minimum absolute atomic E-state index is 0.0623. The van der Waals surface area contributed by atoms with Gasteiger partial charge in [0.25, 0.3) is 0 Å². The van der Waals surface area contributed by atoms with Gasteiger partial charge >= 0.3 is 0 Å². The summed E-state index contributed by atoms with van der Waals surface area (Å²) in [6.07, 6.45) is 3.31. The number of halogens is 1. The molecule has 1 unspecified atom stereocenters. The van der Waals surface area contributed by atoms with Gasteiger partial charge in [-0.25, -0.2) is 0 Å². The van der Waals surface area contributed by atoms with E-state index in [1.807, 2.05) is 36.1 Å². The number of benzene rings is 1. The van der Waals surface area contributed by atoms with E-state index in [-0.39, 0.29) is 11.9 Å². The minimum atomic E-state index is 0.0623. The third-order valence-electron chi connectivity index (χ3n) is 3.27. The largest absolute Gasteiger partial charge is 0.338 e. The Morgan fingerprint density at radius 1 is 1.40 bits per heavy atom. The van der Waals surface area contributed by atoms with Crippen LogP contribution >= 0.6 is 11.6 Å². The molecule has 1 aromatic rings. The van der Waals surface area contributed by atoms with Gasteiger partial charge in [-0.15, -0.1) is 0 Å². The van der Waals surface area contributed by atoms with Crippen molar-refractivity contribution in [2.75, 3.05) is 6.54 Å². The highest BCUT2D eigenvalue weighted by Crippen LogP contribution is 2.18. The molecular weight excluding hydrogens is 272 g/mol. The zero-order valence-corrected chi connectivity index (χ0v) is 13.2. The van der Waals surface area contributed by atoms with Crippen LogP contribution in [0.15, 0.2) is 24.3 Å². The van der Waals surface area contributed by atoms with Crippen molar-refractivity contribution in [2.45, 2.75) is 52.1 Å². The molecule has 0 radical (unpaired) electrons. The Labute approximate surface area is 127 Å². The van der Waals surface area contributed by atoms with Gasteiger partial charge in [-0.3, -0.25) is 4.79 Å². The van der Waals surface area contributed by atoms with Gasteiger partial charge in [0.15, 0.2) is 0 Å². The maximum absolute atomic E-state index is 12.3. The van der Waals surface area contributed by atoms with Crippen molar-refractivity contribution in [1.82, 2.24) is 4.90 Å². The Morgan fingerprint density at radius 2 is 2.10 bits per heavy atom. The molecule has 2 N–H and O–H groups in total. The van der Waals surface area contributed by atoms with E-state index in [4.69, 9.17) is 17.3 Å². The quantitative estimate of drug-likeness (QED) is 0.797. The van der Waals surface area contributed by atoms with Crippen LogP contribution in [0, 0.1) is 0 Å². The van der Waals surface area contributed by atoms with Crippen molar-refractivity contribution >= 4 is 17.5 Å². The summed E-state index contributed by atoms with van der Waals surface area (Å²) in [5, 5.41) is 0.717. The smallest absolute Gasteiger partial charge is 0.222 e. The topological polar surface area (TPSA) is 46.3 Å². The highest BCUT2D eigenvalue weighted by molar-refractivity contribution is 6.31. The number of nitrogens with zero attached hydrogens (tertiary/aromatic N) is 1. The zero-order valence-electron chi connectivity index (χ0n) is 12.4. The van der Waals surface area contributed by atoms with Gasteiger partial charge < -0.3 is 10.6 Å². The van der Waals surface area contributed by atoms with Gasteiger partial charge in [0, 0.05) is 30.6 Å². The zero-order chi connectivity index (χ0) is 15.0. The lowest BCUT2D eigenvalue weighted by molar-refractivity contribution is -0.132. The normalized spacial score (nSPS) is 12.2. The highest BCUT2D eigenvalue weighted by Gasteiger charge is 2.15. The highest BCUT2D eigenvalue weighted by atomic mass is 35.5. The van der Waals surface area contributed by atoms with E-state index >= 15 is 0 Å². The summed E-state index contributed by atoms with van der Waals surface area (Å²) >= 11 is 6.18. The van der Waals surface area contributed by atoms with E-state index in [0.717, 1.165) is 31.4 Å². The number of carbonyl (C=O) groups excluding carboxylic acids is 1. The van der Waals surface area contributed by atoms with Gasteiger partial charge in [0.05, 0.1) is 0 Å². The first kappa shape index (κ1) is 17.0. The second-order valence-electron chi connectivity index (χ2n) is 5.28. The van der Waals surface area contributed by atoms with Gasteiger partial charge in [-0.1, -0.05) is 43.1 Å². The molecule has 0 saturated heterocycles. The molecule has 0 aliphatic heterocycles. The summed E-state index contributed by atoms with van der Waals surface area (Å²) < 4.78 is 0. The molecule has 20 heavy (non-hydrogen) atoms. The number of rotatable bonds is 8. The second-order valence-corrected chi connectivity index (χ2v) is 5.68. The minimum Gasteiger partial charge on any atom is -0.338 e. The van der Waals surface area contributed by atoms with E-state index < -0.39 is 0 Å². The van der Waals surface area contributed by atoms with Crippen LogP contribution < -0.4 is 5.73 Å². The van der Waals surface area contributed by atoms with E-state index in [2.05, 4.69) is 6.92 Å². The Balaban J connectivity index is 2.68. The van der Waals surface area contributed by atoms with Crippen LogP contribution in [0.4, 0.5) is 0 Å². The van der Waals surface area contributed by atoms with E-state index in [9.17, 15) is 4.79 Å². The molecule has 0 aliphatic rings. The fourth-order valence-corrected chi connectivity index (χ4v) is 2.18. The number of unbranched alkanes of at least 4 members (excludes halogenated alkanes) is 1. The Hall–Kier alpha value is -1.06. The molecule has 4 heteroatoms. The van der Waals surface area contributed by atoms with Crippen molar-refractivity contribution in [3.05, 3.63) is 34.9 Å². The summed E-state index contributed by atoms with van der Waals surface area (Å²) in [7, 11) is 0. The number of nitrogens with two attached hydrogens (primary N) is 1. The Kier molecular flexibility index (Phi) is 7.63. The van der Waals surface area contributed by atoms with Crippen molar-refractivity contribution in [1.29, 1.82) is 0 Å². The Bertz CT molecular complexity index is 421. The molecule has 3 nitrogen and oxygen atoms in total. The molecule has 0 heterocycles. The number of hydrogen-bond donors (Lipinski definition) is 1. The van der Waals surface area contributed by atoms with Crippen molar-refractivity contribution in [2.24, 2.45) is 5.73 Å². The van der Waals surface area contributed by atoms with Crippen LogP contribution in [0.1, 0.15) is 45.1 Å². The molecule has 0 aliphatic carbocycles. The summed E-state index contributed by atoms with van der Waals surface area (Å²) in [6, 6.07) is 7.75. The average Bonchev–Trinajstić information content (AvgIpc) is 2.42. The first-order valence-corrected chi connectivity index (χ1v) is 7.69. The van der Waals surface area contributed by atoms with Gasteiger partial charge in [-0.05, 0) is 31.4 Å². The molecule has 0 bridgehead atoms. The maximum Gasteiger partial charge on any atom is 0.222 e. The molecule has 1 aromatic carbocycles. The fourth-order valence-electron chi connectivity index (χ4n) is 1.98. The van der Waals surface area contributed by atoms with E-state index in [1.54, 1.807) is 0 Å². The van der Waals surface area contributed by atoms with Crippen molar-refractivity contribution < 1.29 is 4.79 Å². The summed E-state index contributed by atoms with van der Waals surface area (Å²) in [5.41, 5.74) is 6.73. The summed E-state index contributed by atoms with van der Waals surface area (Å²) in [4.78, 5) is 14.2. The molecule has 0 fully saturated rings. The summed E-state index contributed by atoms with van der Waals surface area (Å²) in [5.74, 6) is 0.163. The number of carbonyl (C=O) groups is 1. The standard InChI is InChI=1S/C16H25ClN2O/c1-3-4-11-19(16(20)10-9-13(2)18)12-14-7-5-6-8-15(14)17/h5-8,13H,3-4,9-12,18H2,1-2H3. The SMILES string of the molecule is CCCCN(Cc1ccccc1Cl)C(=O)CCC(C)N. The molecule has 0 saturated carbocycles. The molecule has 1 atom stereocenters. The lowest BCUT2D eigenvalue weighted by atomic mass is 10.1. The predicted molar refractivity (Wildman–Crippen MR) is 84.7 cm³/mol. The van der Waals surface area contributed by atoms with Crippen LogP contribution in [0.3, 0.4) is 0 Å². The monoisotopic (exact) mass is 296 g/mol. The van der Waals surface area contributed by atoms with E-state index in [1.165, 1.54) is 0 Å². The molecule has 112 valence electrons. The first-order chi connectivity index (χ1) is 9.54. The van der Waals surface area contributed by atoms with Crippen molar-refractivity contribution in [3.8, 4) is 0 Å². The van der Waals surface area contributed by atoms with Crippen LogP contribution in [0.5, 0.6) is 0 Å². The molecule has 1 rings (SSSR count). The van der Waals surface area contributed by atoms with E-state index in [0.29, 0.717) is 18.0 Å². The fraction of sp³-hybridized carbons (Fsp3) is 0.562. The van der Waals surface area contributed by atoms with Gasteiger partial charge in [-0.2, -0.15) is 0 Å². The number of hydrogen-bond acceptors (Lipinski definition) is 2. The Morgan fingerprint density at radius 3 is 2.70 bits per heavy atom. The first-order valence-electron chi connectivity index (χ1n) is 7.31. The number of amides is 1. The van der Waals surface area contributed by atoms with Gasteiger partial charge in [0.2, 0.25) is 5.91 Å². The second kappa shape index (κ2) is 8.98. The molecular formula is C16H25ClN2O. The van der Waals surface area contributed by atoms with Crippen molar-refractivity contribution in [3.63, 3.8) is 0 Å². The summed E-state index contributed by atoms with van der Waals surface area (Å²) in [6.45, 7) is 5.41. The average molecular weight is 297 g/mol. The van der Waals surface area contributed by atoms with Crippen LogP contribution in [-0.4, -0.2) is 23.4 Å². The van der Waals surface area contributed by atoms with Crippen LogP contribution in [-0.2, 0) is 11.3 Å². The van der Waals surface area contributed by atoms with Crippen LogP contribution in [0.25, 0.3) is 0 Å². The molecule has 0 aromatic heterocycles. The van der Waals surface area contributed by atoms with Crippen LogP contribution in [0.2, 0.25) is 5.02 Å². The van der Waals surface area contributed by atoms with Gasteiger partial charge in [0.1, 0.15) is 0 Å². The predicted octanol–water partition coefficient (Wildman–Crippen LogP) is 3.60. The third-order valence-corrected chi connectivity index (χ3v) is 3.64.